The van der Waals surface area contributed by atoms with Crippen molar-refractivity contribution in [2.75, 3.05) is 0 Å². The first-order chi connectivity index (χ1) is 9.32. The first-order valence-electron chi connectivity index (χ1n) is 5.76. The predicted octanol–water partition coefficient (Wildman–Crippen LogP) is 4.63. The third kappa shape index (κ3) is 2.71. The highest BCUT2D eigenvalue weighted by molar-refractivity contribution is 5.80. The predicted molar refractivity (Wildman–Crippen MR) is 67.0 cm³/mol. The molecule has 0 aliphatic carbocycles. The molecule has 0 atom stereocenters. The van der Waals surface area contributed by atoms with Gasteiger partial charge in [-0.1, -0.05) is 6.07 Å². The van der Waals surface area contributed by atoms with Gasteiger partial charge in [0.1, 0.15) is 12.1 Å². The van der Waals surface area contributed by atoms with Gasteiger partial charge < -0.3 is 0 Å². The lowest BCUT2D eigenvalue weighted by molar-refractivity contribution is -0.137. The Kier molecular flexibility index (Phi) is 3.61. The van der Waals surface area contributed by atoms with Crippen LogP contribution in [0.4, 0.5) is 17.6 Å². The summed E-state index contributed by atoms with van der Waals surface area (Å²) in [6.45, 7) is 1.47. The number of carbonyl (C=O) groups excluding carboxylic acids is 1. The summed E-state index contributed by atoms with van der Waals surface area (Å²) in [5, 5.41) is 0. The number of aryl methyl sites for hydroxylation is 1. The highest BCUT2D eigenvalue weighted by Crippen LogP contribution is 2.34. The van der Waals surface area contributed by atoms with Gasteiger partial charge in [0.05, 0.1) is 5.56 Å². The molecule has 5 heteroatoms. The zero-order valence-electron chi connectivity index (χ0n) is 10.5. The van der Waals surface area contributed by atoms with E-state index in [1.807, 2.05) is 0 Å². The molecule has 0 N–H and O–H groups in total. The van der Waals surface area contributed by atoms with Crippen LogP contribution in [0.25, 0.3) is 11.1 Å². The summed E-state index contributed by atoms with van der Waals surface area (Å²) >= 11 is 0. The van der Waals surface area contributed by atoms with Gasteiger partial charge >= 0.3 is 6.18 Å². The third-order valence-corrected chi connectivity index (χ3v) is 2.97. The second kappa shape index (κ2) is 5.07. The molecular formula is C15H10F4O. The van der Waals surface area contributed by atoms with Crippen LogP contribution >= 0.6 is 0 Å². The molecule has 0 aromatic heterocycles. The van der Waals surface area contributed by atoms with Crippen molar-refractivity contribution in [3.63, 3.8) is 0 Å². The van der Waals surface area contributed by atoms with Crippen LogP contribution in [-0.4, -0.2) is 6.29 Å². The van der Waals surface area contributed by atoms with Crippen LogP contribution < -0.4 is 0 Å². The van der Waals surface area contributed by atoms with E-state index in [1.54, 1.807) is 0 Å². The van der Waals surface area contributed by atoms with Crippen molar-refractivity contribution < 1.29 is 22.4 Å². The van der Waals surface area contributed by atoms with Crippen LogP contribution in [0, 0.1) is 12.7 Å². The number of aldehydes is 1. The molecule has 0 aliphatic rings. The van der Waals surface area contributed by atoms with E-state index in [4.69, 9.17) is 0 Å². The number of hydrogen-bond acceptors (Lipinski definition) is 1. The first-order valence-corrected chi connectivity index (χ1v) is 5.76. The summed E-state index contributed by atoms with van der Waals surface area (Å²) in [6, 6.07) is 6.82. The number of hydrogen-bond donors (Lipinski definition) is 0. The van der Waals surface area contributed by atoms with E-state index in [1.165, 1.54) is 25.1 Å². The van der Waals surface area contributed by atoms with Crippen LogP contribution in [0.1, 0.15) is 21.5 Å². The van der Waals surface area contributed by atoms with Gasteiger partial charge in [-0.25, -0.2) is 4.39 Å². The van der Waals surface area contributed by atoms with Gasteiger partial charge in [-0.15, -0.1) is 0 Å². The summed E-state index contributed by atoms with van der Waals surface area (Å²) in [6.07, 6.45) is -3.88. The molecule has 2 aromatic carbocycles. The van der Waals surface area contributed by atoms with E-state index >= 15 is 0 Å². The molecule has 2 rings (SSSR count). The molecule has 0 spiro atoms. The quantitative estimate of drug-likeness (QED) is 0.579. The smallest absolute Gasteiger partial charge is 0.298 e. The van der Waals surface area contributed by atoms with Gasteiger partial charge in [0.25, 0.3) is 0 Å². The van der Waals surface area contributed by atoms with Gasteiger partial charge in [-0.2, -0.15) is 13.2 Å². The number of alkyl halides is 3. The van der Waals surface area contributed by atoms with Crippen molar-refractivity contribution in [2.45, 2.75) is 13.1 Å². The Bertz CT molecular complexity index is 659. The fourth-order valence-electron chi connectivity index (χ4n) is 1.96. The molecule has 1 nitrogen and oxygen atoms in total. The van der Waals surface area contributed by atoms with Gasteiger partial charge in [-0.3, -0.25) is 4.79 Å². The van der Waals surface area contributed by atoms with Gasteiger partial charge in [0.15, 0.2) is 0 Å². The molecule has 2 aromatic rings. The highest BCUT2D eigenvalue weighted by atomic mass is 19.4. The van der Waals surface area contributed by atoms with Crippen molar-refractivity contribution in [2.24, 2.45) is 0 Å². The topological polar surface area (TPSA) is 17.1 Å². The minimum atomic E-state index is -4.44. The Balaban J connectivity index is 2.57. The van der Waals surface area contributed by atoms with Gasteiger partial charge in [0.2, 0.25) is 0 Å². The van der Waals surface area contributed by atoms with E-state index in [2.05, 4.69) is 0 Å². The molecule has 0 fully saturated rings. The van der Waals surface area contributed by atoms with Crippen molar-refractivity contribution in [1.29, 1.82) is 0 Å². The summed E-state index contributed by atoms with van der Waals surface area (Å²) in [7, 11) is 0. The maximum Gasteiger partial charge on any atom is 0.416 e. The number of rotatable bonds is 2. The second-order valence-corrected chi connectivity index (χ2v) is 4.38. The Labute approximate surface area is 112 Å². The Morgan fingerprint density at radius 3 is 2.25 bits per heavy atom. The fraction of sp³-hybridized carbons (Fsp3) is 0.133. The lowest BCUT2D eigenvalue weighted by atomic mass is 9.96. The van der Waals surface area contributed by atoms with Crippen LogP contribution in [0.5, 0.6) is 0 Å². The summed E-state index contributed by atoms with van der Waals surface area (Å²) < 4.78 is 51.5. The van der Waals surface area contributed by atoms with Crippen LogP contribution in [0.2, 0.25) is 0 Å². The van der Waals surface area contributed by atoms with Gasteiger partial charge in [0, 0.05) is 11.1 Å². The maximum absolute atomic E-state index is 13.8. The third-order valence-electron chi connectivity index (χ3n) is 2.97. The van der Waals surface area contributed by atoms with Crippen molar-refractivity contribution >= 4 is 6.29 Å². The average molecular weight is 282 g/mol. The van der Waals surface area contributed by atoms with Crippen LogP contribution in [0.15, 0.2) is 36.4 Å². The maximum atomic E-state index is 13.8. The van der Waals surface area contributed by atoms with Crippen molar-refractivity contribution in [3.05, 3.63) is 58.9 Å². The zero-order chi connectivity index (χ0) is 14.9. The Morgan fingerprint density at radius 1 is 1.00 bits per heavy atom. The number of halogens is 4. The monoisotopic (exact) mass is 282 g/mol. The summed E-state index contributed by atoms with van der Waals surface area (Å²) in [5.74, 6) is -0.585. The molecule has 0 unspecified atom stereocenters. The average Bonchev–Trinajstić information content (AvgIpc) is 2.38. The Morgan fingerprint density at radius 2 is 1.70 bits per heavy atom. The SMILES string of the molecule is Cc1cc(C(F)(F)F)ccc1-c1cc(C=O)ccc1F. The molecule has 0 heterocycles. The molecule has 0 saturated carbocycles. The van der Waals surface area contributed by atoms with E-state index in [0.29, 0.717) is 17.4 Å². The zero-order valence-corrected chi connectivity index (χ0v) is 10.5. The molecule has 0 aliphatic heterocycles. The van der Waals surface area contributed by atoms with E-state index in [-0.39, 0.29) is 11.1 Å². The van der Waals surface area contributed by atoms with E-state index < -0.39 is 17.6 Å². The summed E-state index contributed by atoms with van der Waals surface area (Å²) in [4.78, 5) is 10.7. The largest absolute Gasteiger partial charge is 0.416 e. The van der Waals surface area contributed by atoms with Crippen molar-refractivity contribution in [1.82, 2.24) is 0 Å². The normalized spacial score (nSPS) is 11.4. The number of benzene rings is 2. The number of carbonyl (C=O) groups is 1. The molecule has 0 amide bonds. The standard InChI is InChI=1S/C15H10F4O/c1-9-6-11(15(17,18)19)3-4-12(9)13-7-10(8-20)2-5-14(13)16/h2-8H,1H3. The molecule has 104 valence electrons. The first kappa shape index (κ1) is 14.2. The highest BCUT2D eigenvalue weighted by Gasteiger charge is 2.30. The lowest BCUT2D eigenvalue weighted by Gasteiger charge is -2.12. The molecule has 0 radical (unpaired) electrons. The molecular weight excluding hydrogens is 272 g/mol. The van der Waals surface area contributed by atoms with E-state index in [0.717, 1.165) is 18.2 Å². The molecule has 20 heavy (non-hydrogen) atoms. The minimum Gasteiger partial charge on any atom is -0.298 e. The van der Waals surface area contributed by atoms with Crippen LogP contribution in [0.3, 0.4) is 0 Å². The van der Waals surface area contributed by atoms with E-state index in [9.17, 15) is 22.4 Å². The minimum absolute atomic E-state index is 0.112. The molecule has 0 bridgehead atoms. The van der Waals surface area contributed by atoms with Gasteiger partial charge in [-0.05, 0) is 48.4 Å². The van der Waals surface area contributed by atoms with Crippen LogP contribution in [-0.2, 0) is 6.18 Å². The lowest BCUT2D eigenvalue weighted by Crippen LogP contribution is -2.05. The summed E-state index contributed by atoms with van der Waals surface area (Å²) in [5.41, 5.74) is 0.216. The second-order valence-electron chi connectivity index (χ2n) is 4.38. The fourth-order valence-corrected chi connectivity index (χ4v) is 1.96. The Hall–Kier alpha value is -2.17. The molecule has 0 saturated heterocycles. The van der Waals surface area contributed by atoms with Crippen molar-refractivity contribution in [3.8, 4) is 11.1 Å².